The molecule has 1 aliphatic heterocycles. The average Bonchev–Trinajstić information content (AvgIpc) is 2.54. The number of hydrogen-bond acceptors (Lipinski definition) is 3. The van der Waals surface area contributed by atoms with Crippen LogP contribution in [0.3, 0.4) is 0 Å². The number of hydrogen-bond donors (Lipinski definition) is 3. The van der Waals surface area contributed by atoms with Crippen molar-refractivity contribution < 1.29 is 15.0 Å². The molecule has 1 aliphatic rings. The average molecular weight is 223 g/mol. The summed E-state index contributed by atoms with van der Waals surface area (Å²) < 4.78 is 0. The predicted molar refractivity (Wildman–Crippen MR) is 61.4 cm³/mol. The molecule has 0 bridgehead atoms. The van der Waals surface area contributed by atoms with E-state index in [1.165, 1.54) is 24.0 Å². The van der Waals surface area contributed by atoms with Gasteiger partial charge in [-0.15, -0.1) is 0 Å². The van der Waals surface area contributed by atoms with E-state index in [1.807, 2.05) is 0 Å². The third-order valence-corrected chi connectivity index (χ3v) is 2.40. The van der Waals surface area contributed by atoms with Gasteiger partial charge >= 0.3 is 5.97 Å². The number of aliphatic hydroxyl groups excluding tert-OH is 1. The second-order valence-electron chi connectivity index (χ2n) is 3.57. The number of carboxylic acid groups (broad SMARTS) is 1. The fourth-order valence-corrected chi connectivity index (χ4v) is 1.62. The molecule has 0 amide bonds. The van der Waals surface area contributed by atoms with Gasteiger partial charge in [0.2, 0.25) is 0 Å². The Morgan fingerprint density at radius 3 is 2.00 bits per heavy atom. The van der Waals surface area contributed by atoms with Crippen LogP contribution in [0, 0.1) is 0 Å². The Bertz CT molecular complexity index is 314. The number of nitrogens with one attached hydrogen (secondary N) is 1. The van der Waals surface area contributed by atoms with E-state index in [2.05, 4.69) is 29.6 Å². The fraction of sp³-hybridized carbons (Fsp3) is 0.417. The van der Waals surface area contributed by atoms with Crippen LogP contribution in [-0.4, -0.2) is 35.9 Å². The number of rotatable bonds is 1. The van der Waals surface area contributed by atoms with Crippen molar-refractivity contribution in [2.45, 2.75) is 12.8 Å². The Labute approximate surface area is 94.9 Å². The van der Waals surface area contributed by atoms with Crippen molar-refractivity contribution in [3.05, 3.63) is 35.4 Å². The van der Waals surface area contributed by atoms with Crippen LogP contribution in [0.4, 0.5) is 0 Å². The fourth-order valence-electron chi connectivity index (χ4n) is 1.62. The van der Waals surface area contributed by atoms with E-state index in [4.69, 9.17) is 15.0 Å². The summed E-state index contributed by atoms with van der Waals surface area (Å²) in [6.45, 7) is 1.49. The molecule has 0 unspecified atom stereocenters. The van der Waals surface area contributed by atoms with Crippen molar-refractivity contribution in [2.24, 2.45) is 0 Å². The van der Waals surface area contributed by atoms with Crippen LogP contribution in [0.2, 0.25) is 0 Å². The number of aliphatic hydroxyl groups is 1. The van der Waals surface area contributed by atoms with Crippen LogP contribution in [0.15, 0.2) is 24.3 Å². The van der Waals surface area contributed by atoms with E-state index in [0.717, 1.165) is 13.1 Å². The molecule has 1 heterocycles. The third kappa shape index (κ3) is 4.42. The summed E-state index contributed by atoms with van der Waals surface area (Å²) in [7, 11) is 0. The highest BCUT2D eigenvalue weighted by Gasteiger charge is 2.04. The van der Waals surface area contributed by atoms with E-state index in [0.29, 0.717) is 0 Å². The summed E-state index contributed by atoms with van der Waals surface area (Å²) >= 11 is 0. The first-order valence-corrected chi connectivity index (χ1v) is 5.34. The van der Waals surface area contributed by atoms with Crippen LogP contribution in [0.5, 0.6) is 0 Å². The molecular weight excluding hydrogens is 206 g/mol. The first kappa shape index (κ1) is 12.7. The molecule has 3 N–H and O–H groups in total. The number of fused-ring (bicyclic) bond motifs is 1. The quantitative estimate of drug-likeness (QED) is 0.646. The summed E-state index contributed by atoms with van der Waals surface area (Å²) in [6.07, 6.45) is 2.38. The standard InChI is InChI=1S/C10H13N.C2H4O3/c1-2-4-10-6-8-11-7-5-9(10)3-1;3-1-2(4)5/h1-4,11H,5-8H2;3H,1H2,(H,4,5). The molecule has 2 rings (SSSR count). The third-order valence-electron chi connectivity index (χ3n) is 2.40. The van der Waals surface area contributed by atoms with Gasteiger partial charge in [-0.2, -0.15) is 0 Å². The molecule has 4 heteroatoms. The molecule has 0 fully saturated rings. The van der Waals surface area contributed by atoms with Crippen LogP contribution in [0.25, 0.3) is 0 Å². The maximum Gasteiger partial charge on any atom is 0.329 e. The molecule has 88 valence electrons. The number of carbonyl (C=O) groups is 1. The molecule has 0 spiro atoms. The lowest BCUT2D eigenvalue weighted by atomic mass is 10.0. The van der Waals surface area contributed by atoms with Crippen molar-refractivity contribution in [3.8, 4) is 0 Å². The summed E-state index contributed by atoms with van der Waals surface area (Å²) in [5.74, 6) is -1.19. The van der Waals surface area contributed by atoms with Crippen molar-refractivity contribution in [3.63, 3.8) is 0 Å². The lowest BCUT2D eigenvalue weighted by Gasteiger charge is -2.01. The van der Waals surface area contributed by atoms with Crippen LogP contribution >= 0.6 is 0 Å². The molecule has 0 saturated carbocycles. The molecule has 1 aromatic rings. The molecule has 0 saturated heterocycles. The summed E-state index contributed by atoms with van der Waals surface area (Å²) in [5, 5.41) is 18.4. The van der Waals surface area contributed by atoms with Gasteiger partial charge in [0.25, 0.3) is 0 Å². The SMILES string of the molecule is O=C(O)CO.c1ccc2c(c1)CCNCC2. The van der Waals surface area contributed by atoms with Crippen molar-refractivity contribution in [1.29, 1.82) is 0 Å². The Balaban J connectivity index is 0.000000221. The first-order chi connectivity index (χ1) is 7.74. The second kappa shape index (κ2) is 6.98. The van der Waals surface area contributed by atoms with Crippen molar-refractivity contribution >= 4 is 5.97 Å². The van der Waals surface area contributed by atoms with Crippen LogP contribution < -0.4 is 5.32 Å². The molecule has 1 aromatic carbocycles. The van der Waals surface area contributed by atoms with E-state index in [1.54, 1.807) is 0 Å². The van der Waals surface area contributed by atoms with Gasteiger partial charge in [-0.1, -0.05) is 24.3 Å². The summed E-state index contributed by atoms with van der Waals surface area (Å²) in [6, 6.07) is 8.74. The number of benzene rings is 1. The maximum absolute atomic E-state index is 9.12. The van der Waals surface area contributed by atoms with Gasteiger partial charge < -0.3 is 15.5 Å². The molecule has 4 nitrogen and oxygen atoms in total. The lowest BCUT2D eigenvalue weighted by molar-refractivity contribution is -0.140. The normalized spacial score (nSPS) is 14.1. The zero-order chi connectivity index (χ0) is 11.8. The van der Waals surface area contributed by atoms with E-state index >= 15 is 0 Å². The maximum atomic E-state index is 9.12. The van der Waals surface area contributed by atoms with Gasteiger partial charge in [-0.25, -0.2) is 4.79 Å². The molecule has 0 aromatic heterocycles. The van der Waals surface area contributed by atoms with Crippen molar-refractivity contribution in [2.75, 3.05) is 19.7 Å². The second-order valence-corrected chi connectivity index (χ2v) is 3.57. The van der Waals surface area contributed by atoms with Gasteiger partial charge in [0.1, 0.15) is 6.61 Å². The Morgan fingerprint density at radius 2 is 1.62 bits per heavy atom. The largest absolute Gasteiger partial charge is 0.480 e. The minimum atomic E-state index is -1.19. The van der Waals surface area contributed by atoms with Crippen LogP contribution in [-0.2, 0) is 17.6 Å². The van der Waals surface area contributed by atoms with Gasteiger partial charge in [0, 0.05) is 0 Å². The monoisotopic (exact) mass is 223 g/mol. The highest BCUT2D eigenvalue weighted by molar-refractivity contribution is 5.67. The van der Waals surface area contributed by atoms with Gasteiger partial charge in [0.05, 0.1) is 0 Å². The van der Waals surface area contributed by atoms with Crippen molar-refractivity contribution in [1.82, 2.24) is 5.32 Å². The summed E-state index contributed by atoms with van der Waals surface area (Å²) in [4.78, 5) is 9.12. The molecule has 0 radical (unpaired) electrons. The lowest BCUT2D eigenvalue weighted by Crippen LogP contribution is -2.16. The molecular formula is C12H17NO3. The number of carboxylic acids is 1. The van der Waals surface area contributed by atoms with Crippen LogP contribution in [0.1, 0.15) is 11.1 Å². The van der Waals surface area contributed by atoms with Gasteiger partial charge in [-0.3, -0.25) is 0 Å². The highest BCUT2D eigenvalue weighted by atomic mass is 16.4. The zero-order valence-corrected chi connectivity index (χ0v) is 9.15. The first-order valence-electron chi connectivity index (χ1n) is 5.34. The smallest absolute Gasteiger partial charge is 0.329 e. The Hall–Kier alpha value is -1.39. The van der Waals surface area contributed by atoms with E-state index in [9.17, 15) is 0 Å². The molecule has 0 atom stereocenters. The highest BCUT2D eigenvalue weighted by Crippen LogP contribution is 2.11. The molecule has 16 heavy (non-hydrogen) atoms. The minimum Gasteiger partial charge on any atom is -0.480 e. The Kier molecular flexibility index (Phi) is 5.53. The predicted octanol–water partition coefficient (Wildman–Crippen LogP) is 0.438. The van der Waals surface area contributed by atoms with Gasteiger partial charge in [-0.05, 0) is 37.1 Å². The number of aliphatic carboxylic acids is 1. The topological polar surface area (TPSA) is 69.6 Å². The van der Waals surface area contributed by atoms with Gasteiger partial charge in [0.15, 0.2) is 0 Å². The Morgan fingerprint density at radius 1 is 1.19 bits per heavy atom. The van der Waals surface area contributed by atoms with E-state index < -0.39 is 12.6 Å². The van der Waals surface area contributed by atoms with E-state index in [-0.39, 0.29) is 0 Å². The summed E-state index contributed by atoms with van der Waals surface area (Å²) in [5.41, 5.74) is 3.05. The zero-order valence-electron chi connectivity index (χ0n) is 9.15. The minimum absolute atomic E-state index is 0.778. The molecule has 0 aliphatic carbocycles.